The molecular weight excluding hydrogens is 464 g/mol. The molecule has 1 aliphatic rings. The fraction of sp³-hybridized carbons (Fsp3) is 0.296. The molecule has 4 aromatic rings. The number of nitrogens with zero attached hydrogens (tertiary/aromatic N) is 5. The van der Waals surface area contributed by atoms with E-state index in [-0.39, 0.29) is 23.8 Å². The van der Waals surface area contributed by atoms with Crippen LogP contribution in [-0.2, 0) is 11.2 Å². The van der Waals surface area contributed by atoms with E-state index in [0.29, 0.717) is 49.1 Å². The number of hydrogen-bond donors (Lipinski definition) is 0. The Kier molecular flexibility index (Phi) is 6.54. The molecule has 9 heteroatoms. The van der Waals surface area contributed by atoms with E-state index in [0.717, 1.165) is 17.0 Å². The van der Waals surface area contributed by atoms with Crippen molar-refractivity contribution in [2.45, 2.75) is 39.0 Å². The van der Waals surface area contributed by atoms with Gasteiger partial charge in [-0.25, -0.2) is 18.7 Å². The minimum absolute atomic E-state index is 0.0433. The molecule has 0 spiro atoms. The summed E-state index contributed by atoms with van der Waals surface area (Å²) < 4.78 is 34.0. The number of hydrogen-bond acceptors (Lipinski definition) is 6. The van der Waals surface area contributed by atoms with Crippen LogP contribution in [0.5, 0.6) is 0 Å². The van der Waals surface area contributed by atoms with Crippen LogP contribution in [0, 0.1) is 25.5 Å². The van der Waals surface area contributed by atoms with Crippen molar-refractivity contribution in [2.75, 3.05) is 13.1 Å². The molecule has 1 fully saturated rings. The lowest BCUT2D eigenvalue weighted by Crippen LogP contribution is -2.39. The summed E-state index contributed by atoms with van der Waals surface area (Å²) in [5.41, 5.74) is 2.90. The van der Waals surface area contributed by atoms with Gasteiger partial charge in [0.1, 0.15) is 17.5 Å². The van der Waals surface area contributed by atoms with Crippen molar-refractivity contribution in [1.82, 2.24) is 25.1 Å². The number of carbonyl (C=O) groups excluding carboxylic acids is 1. The number of rotatable bonds is 5. The normalized spacial score (nSPS) is 14.3. The number of likely N-dealkylation sites (tertiary alicyclic amines) is 1. The Labute approximate surface area is 207 Å². The van der Waals surface area contributed by atoms with Crippen LogP contribution >= 0.6 is 0 Å². The molecule has 3 heterocycles. The predicted octanol–water partition coefficient (Wildman–Crippen LogP) is 5.04. The number of carbonyl (C=O) groups is 1. The Morgan fingerprint density at radius 1 is 0.944 bits per heavy atom. The molecule has 0 bridgehead atoms. The van der Waals surface area contributed by atoms with Gasteiger partial charge >= 0.3 is 0 Å². The zero-order valence-electron chi connectivity index (χ0n) is 20.0. The lowest BCUT2D eigenvalue weighted by molar-refractivity contribution is -0.131. The van der Waals surface area contributed by atoms with Crippen molar-refractivity contribution < 1.29 is 18.0 Å². The summed E-state index contributed by atoms with van der Waals surface area (Å²) in [5.74, 6) is -0.248. The number of halogens is 2. The van der Waals surface area contributed by atoms with Gasteiger partial charge in [-0.3, -0.25) is 4.79 Å². The van der Waals surface area contributed by atoms with Crippen molar-refractivity contribution in [1.29, 1.82) is 0 Å². The summed E-state index contributed by atoms with van der Waals surface area (Å²) >= 11 is 0. The summed E-state index contributed by atoms with van der Waals surface area (Å²) in [6.07, 6.45) is 0.993. The smallest absolute Gasteiger partial charge is 0.251 e. The lowest BCUT2D eigenvalue weighted by atomic mass is 9.89. The van der Waals surface area contributed by atoms with Crippen molar-refractivity contribution in [3.8, 4) is 22.9 Å². The Balaban J connectivity index is 1.35. The molecule has 0 N–H and O–H groups in total. The molecule has 0 unspecified atom stereocenters. The Hall–Kier alpha value is -4.01. The molecule has 0 radical (unpaired) electrons. The van der Waals surface area contributed by atoms with E-state index in [4.69, 9.17) is 9.40 Å². The minimum Gasteiger partial charge on any atom is -0.416 e. The van der Waals surface area contributed by atoms with E-state index < -0.39 is 11.6 Å². The fourth-order valence-corrected chi connectivity index (χ4v) is 4.69. The molecule has 36 heavy (non-hydrogen) atoms. The maximum atomic E-state index is 14.0. The van der Waals surface area contributed by atoms with Crippen molar-refractivity contribution in [2.24, 2.45) is 0 Å². The topological polar surface area (TPSA) is 85.0 Å². The van der Waals surface area contributed by atoms with Gasteiger partial charge < -0.3 is 9.32 Å². The van der Waals surface area contributed by atoms with E-state index in [1.54, 1.807) is 4.90 Å². The third-order valence-electron chi connectivity index (χ3n) is 6.51. The third kappa shape index (κ3) is 4.73. The fourth-order valence-electron chi connectivity index (χ4n) is 4.69. The number of aryl methyl sites for hydroxylation is 2. The third-order valence-corrected chi connectivity index (χ3v) is 6.51. The first-order chi connectivity index (χ1) is 17.4. The molecule has 184 valence electrons. The summed E-state index contributed by atoms with van der Waals surface area (Å²) in [7, 11) is 0. The Bertz CT molecular complexity index is 1380. The SMILES string of the molecule is Cc1nc(C)c(-c2nnc(-c3ccccc3)o2)c(C2CCN(C(=O)Cc3c(F)cccc3F)CC2)n1. The highest BCUT2D eigenvalue weighted by molar-refractivity contribution is 5.79. The predicted molar refractivity (Wildman–Crippen MR) is 129 cm³/mol. The Morgan fingerprint density at radius 3 is 2.31 bits per heavy atom. The van der Waals surface area contributed by atoms with Crippen LogP contribution in [0.4, 0.5) is 8.78 Å². The molecule has 0 aliphatic carbocycles. The van der Waals surface area contributed by atoms with Crippen LogP contribution in [0.25, 0.3) is 22.9 Å². The number of piperidine rings is 1. The maximum absolute atomic E-state index is 14.0. The van der Waals surface area contributed by atoms with Crippen molar-refractivity contribution in [3.05, 3.63) is 82.9 Å². The van der Waals surface area contributed by atoms with Crippen LogP contribution in [-0.4, -0.2) is 44.1 Å². The van der Waals surface area contributed by atoms with E-state index in [1.165, 1.54) is 18.2 Å². The highest BCUT2D eigenvalue weighted by atomic mass is 19.1. The molecule has 2 aromatic heterocycles. The van der Waals surface area contributed by atoms with Crippen LogP contribution in [0.2, 0.25) is 0 Å². The summed E-state index contributed by atoms with van der Waals surface area (Å²) in [4.78, 5) is 23.7. The van der Waals surface area contributed by atoms with Gasteiger partial charge in [0, 0.05) is 30.1 Å². The largest absolute Gasteiger partial charge is 0.416 e. The summed E-state index contributed by atoms with van der Waals surface area (Å²) in [6, 6.07) is 13.1. The first-order valence-corrected chi connectivity index (χ1v) is 11.9. The second kappa shape index (κ2) is 9.93. The number of benzene rings is 2. The Morgan fingerprint density at radius 2 is 1.61 bits per heavy atom. The van der Waals surface area contributed by atoms with E-state index in [9.17, 15) is 13.6 Å². The van der Waals surface area contributed by atoms with Gasteiger partial charge in [0.2, 0.25) is 11.8 Å². The quantitative estimate of drug-likeness (QED) is 0.391. The van der Waals surface area contributed by atoms with E-state index >= 15 is 0 Å². The monoisotopic (exact) mass is 489 g/mol. The molecule has 1 saturated heterocycles. The van der Waals surface area contributed by atoms with Gasteiger partial charge in [-0.2, -0.15) is 0 Å². The average Bonchev–Trinajstić information content (AvgIpc) is 3.36. The molecule has 7 nitrogen and oxygen atoms in total. The van der Waals surface area contributed by atoms with Gasteiger partial charge in [0.05, 0.1) is 23.4 Å². The average molecular weight is 490 g/mol. The zero-order valence-corrected chi connectivity index (χ0v) is 20.0. The second-order valence-electron chi connectivity index (χ2n) is 8.93. The minimum atomic E-state index is -0.704. The molecule has 1 aliphatic heterocycles. The molecule has 1 amide bonds. The van der Waals surface area contributed by atoms with E-state index in [1.807, 2.05) is 44.2 Å². The van der Waals surface area contributed by atoms with Gasteiger partial charge in [-0.15, -0.1) is 10.2 Å². The molecule has 5 rings (SSSR count). The van der Waals surface area contributed by atoms with Gasteiger partial charge in [-0.1, -0.05) is 24.3 Å². The molecule has 0 atom stereocenters. The standard InChI is InChI=1S/C27H25F2N5O2/c1-16-24(27-33-32-26(36-27)19-7-4-3-5-8-19)25(31-17(2)30-16)18-11-13-34(14-12-18)23(35)15-20-21(28)9-6-10-22(20)29/h3-10,18H,11-15H2,1-2H3. The molecular formula is C27H25F2N5O2. The summed E-state index contributed by atoms with van der Waals surface area (Å²) in [6.45, 7) is 4.65. The second-order valence-corrected chi connectivity index (χ2v) is 8.93. The van der Waals surface area contributed by atoms with E-state index in [2.05, 4.69) is 15.2 Å². The van der Waals surface area contributed by atoms with Crippen molar-refractivity contribution in [3.63, 3.8) is 0 Å². The van der Waals surface area contributed by atoms with Gasteiger partial charge in [-0.05, 0) is 51.0 Å². The van der Waals surface area contributed by atoms with Gasteiger partial charge in [0.25, 0.3) is 5.89 Å². The maximum Gasteiger partial charge on any atom is 0.251 e. The summed E-state index contributed by atoms with van der Waals surface area (Å²) in [5, 5.41) is 8.50. The van der Waals surface area contributed by atoms with Crippen molar-refractivity contribution >= 4 is 5.91 Å². The van der Waals surface area contributed by atoms with Crippen LogP contribution in [0.3, 0.4) is 0 Å². The highest BCUT2D eigenvalue weighted by Crippen LogP contribution is 2.36. The first-order valence-electron chi connectivity index (χ1n) is 11.9. The highest BCUT2D eigenvalue weighted by Gasteiger charge is 2.30. The zero-order chi connectivity index (χ0) is 25.2. The van der Waals surface area contributed by atoms with Crippen LogP contribution in [0.1, 0.15) is 41.5 Å². The molecule has 0 saturated carbocycles. The lowest BCUT2D eigenvalue weighted by Gasteiger charge is -2.32. The van der Waals surface area contributed by atoms with Crippen LogP contribution < -0.4 is 0 Å². The van der Waals surface area contributed by atoms with Gasteiger partial charge in [0.15, 0.2) is 0 Å². The number of aromatic nitrogens is 4. The first kappa shape index (κ1) is 23.7. The number of amides is 1. The molecule has 2 aromatic carbocycles. The van der Waals surface area contributed by atoms with Crippen LogP contribution in [0.15, 0.2) is 52.9 Å².